The molecule has 6 heteroatoms. The standard InChI is InChI=1S/C23H22ClN3OS/c1-2-15-9-10-26(13-15)21-8-7-19(12-25-21)27-14-17-11-20(29-22(17)23(27)28)16-3-5-18(24)6-4-16/h3-8,11-12,15H,2,9-10,13-14H2,1H3/t15-/m0/s1. The minimum atomic E-state index is 0.0620. The fourth-order valence-corrected chi connectivity index (χ4v) is 5.41. The molecule has 0 aliphatic carbocycles. The maximum absolute atomic E-state index is 13.0. The lowest BCUT2D eigenvalue weighted by Gasteiger charge is -2.20. The van der Waals surface area contributed by atoms with Gasteiger partial charge < -0.3 is 9.80 Å². The van der Waals surface area contributed by atoms with Crippen LogP contribution in [0.5, 0.6) is 0 Å². The van der Waals surface area contributed by atoms with E-state index >= 15 is 0 Å². The lowest BCUT2D eigenvalue weighted by atomic mass is 10.1. The van der Waals surface area contributed by atoms with E-state index in [-0.39, 0.29) is 5.91 Å². The third kappa shape index (κ3) is 3.43. The van der Waals surface area contributed by atoms with Gasteiger partial charge in [-0.3, -0.25) is 4.79 Å². The van der Waals surface area contributed by atoms with Crippen LogP contribution < -0.4 is 9.80 Å². The molecule has 3 aromatic rings. The minimum absolute atomic E-state index is 0.0620. The van der Waals surface area contributed by atoms with E-state index in [9.17, 15) is 4.79 Å². The molecular formula is C23H22ClN3OS. The van der Waals surface area contributed by atoms with Crippen molar-refractivity contribution in [2.24, 2.45) is 5.92 Å². The first kappa shape index (κ1) is 18.6. The van der Waals surface area contributed by atoms with Crippen LogP contribution in [-0.2, 0) is 6.54 Å². The summed E-state index contributed by atoms with van der Waals surface area (Å²) in [6.07, 6.45) is 4.29. The van der Waals surface area contributed by atoms with Crippen LogP contribution in [0.15, 0.2) is 48.7 Å². The fourth-order valence-electron chi connectivity index (χ4n) is 4.16. The first-order chi connectivity index (χ1) is 14.1. The predicted octanol–water partition coefficient (Wildman–Crippen LogP) is 5.86. The molecule has 4 nitrogen and oxygen atoms in total. The van der Waals surface area contributed by atoms with Gasteiger partial charge in [0.1, 0.15) is 5.82 Å². The summed E-state index contributed by atoms with van der Waals surface area (Å²) in [6.45, 7) is 5.00. The van der Waals surface area contributed by atoms with Gasteiger partial charge in [0.25, 0.3) is 5.91 Å². The number of benzene rings is 1. The van der Waals surface area contributed by atoms with Crippen molar-refractivity contribution in [1.29, 1.82) is 0 Å². The van der Waals surface area contributed by atoms with E-state index in [1.54, 1.807) is 11.3 Å². The molecule has 29 heavy (non-hydrogen) atoms. The number of hydrogen-bond acceptors (Lipinski definition) is 4. The molecule has 5 rings (SSSR count). The Balaban J connectivity index is 1.33. The molecule has 0 N–H and O–H groups in total. The second kappa shape index (κ2) is 7.47. The number of aromatic nitrogens is 1. The Morgan fingerprint density at radius 1 is 1.21 bits per heavy atom. The smallest absolute Gasteiger partial charge is 0.269 e. The normalized spacial score (nSPS) is 18.6. The van der Waals surface area contributed by atoms with Gasteiger partial charge in [0.05, 0.1) is 23.3 Å². The molecule has 0 radical (unpaired) electrons. The minimum Gasteiger partial charge on any atom is -0.356 e. The topological polar surface area (TPSA) is 36.4 Å². The number of rotatable bonds is 4. The van der Waals surface area contributed by atoms with E-state index in [4.69, 9.17) is 11.6 Å². The monoisotopic (exact) mass is 423 g/mol. The van der Waals surface area contributed by atoms with E-state index in [1.807, 2.05) is 47.5 Å². The second-order valence-corrected chi connectivity index (χ2v) is 9.24. The number of amides is 1. The van der Waals surface area contributed by atoms with Gasteiger partial charge in [0.15, 0.2) is 0 Å². The Morgan fingerprint density at radius 3 is 2.69 bits per heavy atom. The van der Waals surface area contributed by atoms with Crippen LogP contribution in [0.25, 0.3) is 10.4 Å². The maximum Gasteiger partial charge on any atom is 0.269 e. The number of pyridine rings is 1. The van der Waals surface area contributed by atoms with Crippen LogP contribution in [0.2, 0.25) is 5.02 Å². The third-order valence-electron chi connectivity index (χ3n) is 5.94. The van der Waals surface area contributed by atoms with E-state index < -0.39 is 0 Å². The third-order valence-corrected chi connectivity index (χ3v) is 7.40. The van der Waals surface area contributed by atoms with Crippen LogP contribution in [0, 0.1) is 5.92 Å². The predicted molar refractivity (Wildman–Crippen MR) is 120 cm³/mol. The Hall–Kier alpha value is -2.37. The van der Waals surface area contributed by atoms with Crippen LogP contribution in [0.3, 0.4) is 0 Å². The van der Waals surface area contributed by atoms with Crippen LogP contribution in [-0.4, -0.2) is 24.0 Å². The molecular weight excluding hydrogens is 402 g/mol. The summed E-state index contributed by atoms with van der Waals surface area (Å²) >= 11 is 7.54. The molecule has 1 atom stereocenters. The molecule has 0 saturated carbocycles. The average Bonchev–Trinajstić information content (AvgIpc) is 3.45. The van der Waals surface area contributed by atoms with Crippen molar-refractivity contribution < 1.29 is 4.79 Å². The van der Waals surface area contributed by atoms with Gasteiger partial charge in [-0.2, -0.15) is 0 Å². The first-order valence-corrected chi connectivity index (χ1v) is 11.2. The van der Waals surface area contributed by atoms with Crippen molar-refractivity contribution in [3.8, 4) is 10.4 Å². The lowest BCUT2D eigenvalue weighted by molar-refractivity contribution is 0.1000. The van der Waals surface area contributed by atoms with Crippen LogP contribution in [0.1, 0.15) is 35.0 Å². The molecule has 148 valence electrons. The summed E-state index contributed by atoms with van der Waals surface area (Å²) in [5.74, 6) is 1.84. The van der Waals surface area contributed by atoms with Gasteiger partial charge in [-0.05, 0) is 53.8 Å². The first-order valence-electron chi connectivity index (χ1n) is 10.0. The molecule has 2 aromatic heterocycles. The number of carbonyl (C=O) groups excluding carboxylic acids is 1. The molecule has 4 heterocycles. The second-order valence-electron chi connectivity index (χ2n) is 7.75. The zero-order valence-electron chi connectivity index (χ0n) is 16.3. The SMILES string of the molecule is CC[C@H]1CCN(c2ccc(N3Cc4cc(-c5ccc(Cl)cc5)sc4C3=O)cn2)C1. The molecule has 1 saturated heterocycles. The average molecular weight is 424 g/mol. The molecule has 0 unspecified atom stereocenters. The Kier molecular flexibility index (Phi) is 4.80. The van der Waals surface area contributed by atoms with Crippen LogP contribution >= 0.6 is 22.9 Å². The largest absolute Gasteiger partial charge is 0.356 e. The van der Waals surface area contributed by atoms with Gasteiger partial charge >= 0.3 is 0 Å². The molecule has 1 fully saturated rings. The summed E-state index contributed by atoms with van der Waals surface area (Å²) in [4.78, 5) is 23.7. The number of halogens is 1. The highest BCUT2D eigenvalue weighted by molar-refractivity contribution is 7.17. The highest BCUT2D eigenvalue weighted by atomic mass is 35.5. The quantitative estimate of drug-likeness (QED) is 0.527. The van der Waals surface area contributed by atoms with Gasteiger partial charge in [-0.15, -0.1) is 11.3 Å². The summed E-state index contributed by atoms with van der Waals surface area (Å²) in [5, 5.41) is 0.718. The van der Waals surface area contributed by atoms with Crippen molar-refractivity contribution in [2.75, 3.05) is 22.9 Å². The highest BCUT2D eigenvalue weighted by Crippen LogP contribution is 2.39. The van der Waals surface area contributed by atoms with Crippen molar-refractivity contribution in [3.05, 3.63) is 64.1 Å². The van der Waals surface area contributed by atoms with Gasteiger partial charge in [-0.1, -0.05) is 37.1 Å². The maximum atomic E-state index is 13.0. The lowest BCUT2D eigenvalue weighted by Crippen LogP contribution is -2.24. The molecule has 2 aliphatic heterocycles. The van der Waals surface area contributed by atoms with Crippen molar-refractivity contribution >= 4 is 40.4 Å². The van der Waals surface area contributed by atoms with Crippen molar-refractivity contribution in [2.45, 2.75) is 26.3 Å². The molecule has 1 aromatic carbocycles. The zero-order valence-corrected chi connectivity index (χ0v) is 17.8. The number of nitrogens with zero attached hydrogens (tertiary/aromatic N) is 3. The zero-order chi connectivity index (χ0) is 20.0. The Labute approximate surface area is 179 Å². The van der Waals surface area contributed by atoms with Crippen molar-refractivity contribution in [1.82, 2.24) is 4.98 Å². The molecule has 1 amide bonds. The summed E-state index contributed by atoms with van der Waals surface area (Å²) < 4.78 is 0. The number of anilines is 2. The Bertz CT molecular complexity index is 1040. The molecule has 0 spiro atoms. The van der Waals surface area contributed by atoms with E-state index in [1.165, 1.54) is 12.8 Å². The summed E-state index contributed by atoms with van der Waals surface area (Å²) in [7, 11) is 0. The number of thiophene rings is 1. The van der Waals surface area contributed by atoms with Gasteiger partial charge in [0.2, 0.25) is 0 Å². The summed E-state index contributed by atoms with van der Waals surface area (Å²) in [5.41, 5.74) is 3.04. The molecule has 2 aliphatic rings. The van der Waals surface area contributed by atoms with E-state index in [0.717, 1.165) is 56.4 Å². The number of hydrogen-bond donors (Lipinski definition) is 0. The molecule has 0 bridgehead atoms. The number of fused-ring (bicyclic) bond motifs is 1. The van der Waals surface area contributed by atoms with Gasteiger partial charge in [0, 0.05) is 23.0 Å². The van der Waals surface area contributed by atoms with Crippen LogP contribution in [0.4, 0.5) is 11.5 Å². The van der Waals surface area contributed by atoms with E-state index in [2.05, 4.69) is 22.9 Å². The summed E-state index contributed by atoms with van der Waals surface area (Å²) in [6, 6.07) is 13.9. The Morgan fingerprint density at radius 2 is 2.03 bits per heavy atom. The number of carbonyl (C=O) groups is 1. The van der Waals surface area contributed by atoms with Gasteiger partial charge in [-0.25, -0.2) is 4.98 Å². The highest BCUT2D eigenvalue weighted by Gasteiger charge is 2.32. The van der Waals surface area contributed by atoms with E-state index in [0.29, 0.717) is 6.54 Å². The van der Waals surface area contributed by atoms with Crippen molar-refractivity contribution in [3.63, 3.8) is 0 Å². The fraction of sp³-hybridized carbons (Fsp3) is 0.304.